The predicted molar refractivity (Wildman–Crippen MR) is 78.6 cm³/mol. The first kappa shape index (κ1) is 14.1. The fourth-order valence-corrected chi connectivity index (χ4v) is 2.57. The molecule has 1 heterocycles. The number of carbonyl (C=O) groups excluding carboxylic acids is 1. The smallest absolute Gasteiger partial charge is 0.221 e. The fourth-order valence-electron chi connectivity index (χ4n) is 1.69. The SMILES string of the molecule is CC(=O)Nc1ccc(Sc2cc(C#N)cc(C)n2)cc1. The zero-order valence-corrected chi connectivity index (χ0v) is 12.0. The van der Waals surface area contributed by atoms with Gasteiger partial charge in [-0.2, -0.15) is 5.26 Å². The van der Waals surface area contributed by atoms with Crippen LogP contribution in [0.3, 0.4) is 0 Å². The maximum absolute atomic E-state index is 10.9. The highest BCUT2D eigenvalue weighted by Crippen LogP contribution is 2.28. The van der Waals surface area contributed by atoms with Crippen molar-refractivity contribution < 1.29 is 4.79 Å². The number of aromatic nitrogens is 1. The lowest BCUT2D eigenvalue weighted by Gasteiger charge is -2.05. The van der Waals surface area contributed by atoms with E-state index in [1.807, 2.05) is 31.2 Å². The van der Waals surface area contributed by atoms with Gasteiger partial charge in [-0.15, -0.1) is 0 Å². The van der Waals surface area contributed by atoms with Crippen LogP contribution < -0.4 is 5.32 Å². The predicted octanol–water partition coefficient (Wildman–Crippen LogP) is 3.37. The summed E-state index contributed by atoms with van der Waals surface area (Å²) in [5.74, 6) is -0.0931. The topological polar surface area (TPSA) is 65.8 Å². The van der Waals surface area contributed by atoms with Gasteiger partial charge in [0.25, 0.3) is 0 Å². The van der Waals surface area contributed by atoms with E-state index in [1.165, 1.54) is 18.7 Å². The molecule has 2 aromatic rings. The van der Waals surface area contributed by atoms with Gasteiger partial charge in [0, 0.05) is 23.2 Å². The van der Waals surface area contributed by atoms with Crippen LogP contribution in [0.2, 0.25) is 0 Å². The van der Waals surface area contributed by atoms with Crippen LogP contribution in [0.1, 0.15) is 18.2 Å². The highest BCUT2D eigenvalue weighted by molar-refractivity contribution is 7.99. The molecule has 1 N–H and O–H groups in total. The molecule has 0 bridgehead atoms. The van der Waals surface area contributed by atoms with E-state index in [1.54, 1.807) is 12.1 Å². The van der Waals surface area contributed by atoms with Crippen LogP contribution in [-0.2, 0) is 4.79 Å². The number of carbonyl (C=O) groups is 1. The summed E-state index contributed by atoms with van der Waals surface area (Å²) < 4.78 is 0. The number of nitrogens with zero attached hydrogens (tertiary/aromatic N) is 2. The molecule has 100 valence electrons. The van der Waals surface area contributed by atoms with Crippen LogP contribution in [0.4, 0.5) is 5.69 Å². The van der Waals surface area contributed by atoms with Gasteiger partial charge >= 0.3 is 0 Å². The van der Waals surface area contributed by atoms with Gasteiger partial charge in [0.05, 0.1) is 11.6 Å². The number of amides is 1. The van der Waals surface area contributed by atoms with E-state index in [-0.39, 0.29) is 5.91 Å². The second kappa shape index (κ2) is 6.22. The summed E-state index contributed by atoms with van der Waals surface area (Å²) in [5, 5.41) is 12.4. The van der Waals surface area contributed by atoms with Crippen LogP contribution >= 0.6 is 11.8 Å². The number of anilines is 1. The summed E-state index contributed by atoms with van der Waals surface area (Å²) in [7, 11) is 0. The van der Waals surface area contributed by atoms with Gasteiger partial charge in [-0.25, -0.2) is 4.98 Å². The van der Waals surface area contributed by atoms with Gasteiger partial charge in [-0.1, -0.05) is 11.8 Å². The van der Waals surface area contributed by atoms with Crippen molar-refractivity contribution in [2.24, 2.45) is 0 Å². The van der Waals surface area contributed by atoms with Gasteiger partial charge in [0.1, 0.15) is 5.03 Å². The lowest BCUT2D eigenvalue weighted by Crippen LogP contribution is -2.05. The molecule has 1 aromatic heterocycles. The van der Waals surface area contributed by atoms with E-state index in [2.05, 4.69) is 16.4 Å². The van der Waals surface area contributed by atoms with Gasteiger partial charge < -0.3 is 5.32 Å². The van der Waals surface area contributed by atoms with Crippen LogP contribution in [0.15, 0.2) is 46.3 Å². The van der Waals surface area contributed by atoms with E-state index < -0.39 is 0 Å². The van der Waals surface area contributed by atoms with Crippen LogP contribution in [0, 0.1) is 18.3 Å². The van der Waals surface area contributed by atoms with Crippen molar-refractivity contribution in [3.63, 3.8) is 0 Å². The number of aryl methyl sites for hydroxylation is 1. The Morgan fingerprint density at radius 1 is 1.30 bits per heavy atom. The zero-order valence-electron chi connectivity index (χ0n) is 11.2. The van der Waals surface area contributed by atoms with Crippen LogP contribution in [-0.4, -0.2) is 10.9 Å². The molecule has 1 aromatic carbocycles. The molecular formula is C15H13N3OS. The third-order valence-electron chi connectivity index (χ3n) is 2.46. The molecule has 1 amide bonds. The number of pyridine rings is 1. The third kappa shape index (κ3) is 3.84. The largest absolute Gasteiger partial charge is 0.326 e. The Kier molecular flexibility index (Phi) is 4.38. The summed E-state index contributed by atoms with van der Waals surface area (Å²) in [5.41, 5.74) is 2.19. The monoisotopic (exact) mass is 283 g/mol. The summed E-state index contributed by atoms with van der Waals surface area (Å²) in [6.07, 6.45) is 0. The first-order chi connectivity index (χ1) is 9.56. The average Bonchev–Trinajstić information content (AvgIpc) is 2.39. The summed E-state index contributed by atoms with van der Waals surface area (Å²) >= 11 is 1.48. The quantitative estimate of drug-likeness (QED) is 0.937. The first-order valence-corrected chi connectivity index (χ1v) is 6.83. The van der Waals surface area contributed by atoms with Crippen LogP contribution in [0.5, 0.6) is 0 Å². The van der Waals surface area contributed by atoms with Crippen molar-refractivity contribution >= 4 is 23.4 Å². The van der Waals surface area contributed by atoms with E-state index in [4.69, 9.17) is 5.26 Å². The molecule has 0 spiro atoms. The number of hydrogen-bond acceptors (Lipinski definition) is 4. The number of benzene rings is 1. The molecule has 5 heteroatoms. The minimum absolute atomic E-state index is 0.0931. The second-order valence-corrected chi connectivity index (χ2v) is 5.35. The Morgan fingerprint density at radius 2 is 2.00 bits per heavy atom. The first-order valence-electron chi connectivity index (χ1n) is 6.01. The van der Waals surface area contributed by atoms with Gasteiger partial charge in [0.2, 0.25) is 5.91 Å². The maximum atomic E-state index is 10.9. The molecule has 0 saturated heterocycles. The molecule has 0 aliphatic rings. The van der Waals surface area contributed by atoms with Gasteiger partial charge in [-0.05, 0) is 43.3 Å². The van der Waals surface area contributed by atoms with Crippen molar-refractivity contribution in [2.45, 2.75) is 23.8 Å². The Morgan fingerprint density at radius 3 is 2.60 bits per heavy atom. The Hall–Kier alpha value is -2.32. The van der Waals surface area contributed by atoms with Crippen molar-refractivity contribution in [1.82, 2.24) is 4.98 Å². The number of hydrogen-bond donors (Lipinski definition) is 1. The Labute approximate surface area is 121 Å². The summed E-state index contributed by atoms with van der Waals surface area (Å²) in [6.45, 7) is 3.34. The minimum atomic E-state index is -0.0931. The van der Waals surface area contributed by atoms with Gasteiger partial charge in [0.15, 0.2) is 0 Å². The second-order valence-electron chi connectivity index (χ2n) is 4.25. The fraction of sp³-hybridized carbons (Fsp3) is 0.133. The highest BCUT2D eigenvalue weighted by Gasteiger charge is 2.03. The van der Waals surface area contributed by atoms with Crippen molar-refractivity contribution in [3.8, 4) is 6.07 Å². The molecule has 0 fully saturated rings. The Bertz CT molecular complexity index is 675. The lowest BCUT2D eigenvalue weighted by molar-refractivity contribution is -0.114. The van der Waals surface area contributed by atoms with Crippen molar-refractivity contribution in [3.05, 3.63) is 47.7 Å². The summed E-state index contributed by atoms with van der Waals surface area (Å²) in [4.78, 5) is 16.3. The molecule has 0 saturated carbocycles. The van der Waals surface area contributed by atoms with E-state index >= 15 is 0 Å². The van der Waals surface area contributed by atoms with E-state index in [9.17, 15) is 4.79 Å². The molecule has 2 rings (SSSR count). The summed E-state index contributed by atoms with van der Waals surface area (Å²) in [6, 6.07) is 13.1. The molecule has 0 aliphatic carbocycles. The van der Waals surface area contributed by atoms with E-state index in [0.29, 0.717) is 5.56 Å². The average molecular weight is 283 g/mol. The van der Waals surface area contributed by atoms with E-state index in [0.717, 1.165) is 21.3 Å². The maximum Gasteiger partial charge on any atom is 0.221 e. The molecule has 20 heavy (non-hydrogen) atoms. The molecule has 4 nitrogen and oxygen atoms in total. The number of nitriles is 1. The van der Waals surface area contributed by atoms with Crippen LogP contribution in [0.25, 0.3) is 0 Å². The molecule has 0 radical (unpaired) electrons. The minimum Gasteiger partial charge on any atom is -0.326 e. The number of nitrogens with one attached hydrogen (secondary N) is 1. The third-order valence-corrected chi connectivity index (χ3v) is 3.38. The number of rotatable bonds is 3. The molecular weight excluding hydrogens is 270 g/mol. The molecule has 0 unspecified atom stereocenters. The van der Waals surface area contributed by atoms with Crippen molar-refractivity contribution in [1.29, 1.82) is 5.26 Å². The normalized spacial score (nSPS) is 9.85. The van der Waals surface area contributed by atoms with Crippen molar-refractivity contribution in [2.75, 3.05) is 5.32 Å². The Balaban J connectivity index is 2.16. The highest BCUT2D eigenvalue weighted by atomic mass is 32.2. The molecule has 0 atom stereocenters. The zero-order chi connectivity index (χ0) is 14.5. The standard InChI is InChI=1S/C15H13N3OS/c1-10-7-12(9-16)8-15(17-10)20-14-5-3-13(4-6-14)18-11(2)19/h3-8H,1-2H3,(H,18,19). The van der Waals surface area contributed by atoms with Gasteiger partial charge in [-0.3, -0.25) is 4.79 Å². The molecule has 0 aliphatic heterocycles. The lowest BCUT2D eigenvalue weighted by atomic mass is 10.2.